The molecule has 1 saturated heterocycles. The predicted octanol–water partition coefficient (Wildman–Crippen LogP) is 4.59. The number of hydrogen-bond donors (Lipinski definition) is 2. The number of ether oxygens (including phenoxy) is 1. The van der Waals surface area contributed by atoms with Crippen LogP contribution in [0.5, 0.6) is 5.75 Å². The number of anilines is 2. The molecule has 0 spiro atoms. The van der Waals surface area contributed by atoms with Gasteiger partial charge in [-0.15, -0.1) is 0 Å². The molecule has 0 saturated carbocycles. The third-order valence-corrected chi connectivity index (χ3v) is 4.91. The van der Waals surface area contributed by atoms with Crippen LogP contribution in [0.15, 0.2) is 48.5 Å². The van der Waals surface area contributed by atoms with Crippen molar-refractivity contribution in [2.75, 3.05) is 29.9 Å². The van der Waals surface area contributed by atoms with Gasteiger partial charge in [-0.25, -0.2) is 0 Å². The Bertz CT molecular complexity index is 802. The number of hydrogen-bond acceptors (Lipinski definition) is 4. The van der Waals surface area contributed by atoms with E-state index in [-0.39, 0.29) is 5.91 Å². The van der Waals surface area contributed by atoms with Crippen molar-refractivity contribution in [1.29, 1.82) is 0 Å². The Labute approximate surface area is 172 Å². The van der Waals surface area contributed by atoms with Crippen LogP contribution < -0.4 is 20.3 Å². The van der Waals surface area contributed by atoms with Crippen LogP contribution in [0.4, 0.5) is 11.4 Å². The minimum Gasteiger partial charge on any atom is -0.494 e. The van der Waals surface area contributed by atoms with E-state index < -0.39 is 0 Å². The van der Waals surface area contributed by atoms with E-state index in [1.54, 1.807) is 12.1 Å². The van der Waals surface area contributed by atoms with E-state index >= 15 is 0 Å². The number of carbonyl (C=O) groups excluding carboxylic acids is 1. The third kappa shape index (κ3) is 5.45. The van der Waals surface area contributed by atoms with Crippen molar-refractivity contribution >= 4 is 34.6 Å². The maximum absolute atomic E-state index is 12.5. The first-order valence-corrected chi connectivity index (χ1v) is 10.3. The number of unbranched alkanes of at least 4 members (excludes halogenated alkanes) is 1. The second kappa shape index (κ2) is 10.1. The number of carbonyl (C=O) groups is 1. The second-order valence-corrected chi connectivity index (χ2v) is 7.25. The van der Waals surface area contributed by atoms with Crippen LogP contribution in [-0.2, 0) is 0 Å². The zero-order valence-electron chi connectivity index (χ0n) is 16.2. The summed E-state index contributed by atoms with van der Waals surface area (Å²) in [6.07, 6.45) is 4.51. The van der Waals surface area contributed by atoms with E-state index in [1.807, 2.05) is 30.3 Å². The molecule has 0 aromatic heterocycles. The summed E-state index contributed by atoms with van der Waals surface area (Å²) in [5.74, 6) is 0.529. The van der Waals surface area contributed by atoms with E-state index in [0.29, 0.717) is 17.3 Å². The van der Waals surface area contributed by atoms with Crippen LogP contribution >= 0.6 is 12.2 Å². The van der Waals surface area contributed by atoms with E-state index in [2.05, 4.69) is 28.5 Å². The topological polar surface area (TPSA) is 53.6 Å². The van der Waals surface area contributed by atoms with E-state index in [0.717, 1.165) is 43.1 Å². The molecule has 2 aromatic carbocycles. The first-order chi connectivity index (χ1) is 13.7. The predicted molar refractivity (Wildman–Crippen MR) is 118 cm³/mol. The van der Waals surface area contributed by atoms with Gasteiger partial charge < -0.3 is 15.0 Å². The van der Waals surface area contributed by atoms with Crippen molar-refractivity contribution in [3.8, 4) is 5.75 Å². The van der Waals surface area contributed by atoms with E-state index in [1.165, 1.54) is 12.8 Å². The van der Waals surface area contributed by atoms with Crippen LogP contribution in [-0.4, -0.2) is 30.7 Å². The molecule has 0 bridgehead atoms. The van der Waals surface area contributed by atoms with Gasteiger partial charge in [-0.2, -0.15) is 0 Å². The largest absolute Gasteiger partial charge is 0.494 e. The number of thiocarbonyl (C=S) groups is 1. The first kappa shape index (κ1) is 20.1. The fourth-order valence-corrected chi connectivity index (χ4v) is 3.38. The van der Waals surface area contributed by atoms with Gasteiger partial charge in [0.25, 0.3) is 5.91 Å². The fraction of sp³-hybridized carbons (Fsp3) is 0.364. The zero-order valence-corrected chi connectivity index (χ0v) is 17.1. The summed E-state index contributed by atoms with van der Waals surface area (Å²) in [4.78, 5) is 14.8. The van der Waals surface area contributed by atoms with E-state index in [4.69, 9.17) is 17.0 Å². The smallest absolute Gasteiger partial charge is 0.257 e. The van der Waals surface area contributed by atoms with Crippen LogP contribution in [0, 0.1) is 0 Å². The molecule has 2 N–H and O–H groups in total. The first-order valence-electron chi connectivity index (χ1n) is 9.86. The van der Waals surface area contributed by atoms with Gasteiger partial charge >= 0.3 is 0 Å². The van der Waals surface area contributed by atoms with Crippen molar-refractivity contribution in [1.82, 2.24) is 5.32 Å². The summed E-state index contributed by atoms with van der Waals surface area (Å²) < 4.78 is 5.63. The SMILES string of the molecule is CCCCOc1ccc(C(=O)NC(=S)Nc2ccccc2N2CCCC2)cc1. The lowest BCUT2D eigenvalue weighted by Crippen LogP contribution is -2.34. The molecule has 6 heteroatoms. The summed E-state index contributed by atoms with van der Waals surface area (Å²) >= 11 is 5.36. The lowest BCUT2D eigenvalue weighted by molar-refractivity contribution is 0.0977. The highest BCUT2D eigenvalue weighted by atomic mass is 32.1. The minimum absolute atomic E-state index is 0.240. The summed E-state index contributed by atoms with van der Waals surface area (Å²) in [6.45, 7) is 4.90. The molecule has 5 nitrogen and oxygen atoms in total. The molecule has 28 heavy (non-hydrogen) atoms. The van der Waals surface area contributed by atoms with Gasteiger partial charge in [-0.1, -0.05) is 25.5 Å². The number of nitrogens with zero attached hydrogens (tertiary/aromatic N) is 1. The van der Waals surface area contributed by atoms with Crippen molar-refractivity contribution in [2.45, 2.75) is 32.6 Å². The van der Waals surface area contributed by atoms with Crippen LogP contribution in [0.2, 0.25) is 0 Å². The Morgan fingerprint density at radius 3 is 2.54 bits per heavy atom. The number of amides is 1. The van der Waals surface area contributed by atoms with Crippen LogP contribution in [0.25, 0.3) is 0 Å². The van der Waals surface area contributed by atoms with Gasteiger partial charge in [0.05, 0.1) is 18.0 Å². The highest BCUT2D eigenvalue weighted by molar-refractivity contribution is 7.80. The molecule has 3 rings (SSSR count). The highest BCUT2D eigenvalue weighted by Crippen LogP contribution is 2.28. The standard InChI is InChI=1S/C22H27N3O2S/c1-2-3-16-27-18-12-10-17(11-13-18)21(26)24-22(28)23-19-8-4-5-9-20(19)25-14-6-7-15-25/h4-5,8-13H,2-3,6-7,14-16H2,1H3,(H2,23,24,26,28). The molecule has 1 aliphatic heterocycles. The van der Waals surface area contributed by atoms with Crippen LogP contribution in [0.1, 0.15) is 43.0 Å². The van der Waals surface area contributed by atoms with Gasteiger partial charge in [0.1, 0.15) is 5.75 Å². The monoisotopic (exact) mass is 397 g/mol. The molecule has 0 atom stereocenters. The Hall–Kier alpha value is -2.60. The molecule has 148 valence electrons. The Morgan fingerprint density at radius 2 is 1.82 bits per heavy atom. The van der Waals surface area contributed by atoms with Gasteiger partial charge in [0, 0.05) is 18.7 Å². The van der Waals surface area contributed by atoms with Crippen molar-refractivity contribution in [2.24, 2.45) is 0 Å². The molecular weight excluding hydrogens is 370 g/mol. The molecular formula is C22H27N3O2S. The summed E-state index contributed by atoms with van der Waals surface area (Å²) in [5.41, 5.74) is 2.57. The van der Waals surface area contributed by atoms with Crippen LogP contribution in [0.3, 0.4) is 0 Å². The maximum Gasteiger partial charge on any atom is 0.257 e. The van der Waals surface area contributed by atoms with Gasteiger partial charge in [0.2, 0.25) is 0 Å². The summed E-state index contributed by atoms with van der Waals surface area (Å²) in [5, 5.41) is 6.21. The lowest BCUT2D eigenvalue weighted by atomic mass is 10.2. The number of benzene rings is 2. The molecule has 1 fully saturated rings. The van der Waals surface area contributed by atoms with Gasteiger partial charge in [-0.3, -0.25) is 10.1 Å². The fourth-order valence-electron chi connectivity index (χ4n) is 3.18. The quantitative estimate of drug-likeness (QED) is 0.529. The Kier molecular flexibility index (Phi) is 7.25. The average Bonchev–Trinajstić information content (AvgIpc) is 3.23. The Balaban J connectivity index is 1.57. The molecule has 1 amide bonds. The molecule has 2 aromatic rings. The van der Waals surface area contributed by atoms with Crippen molar-refractivity contribution in [3.05, 3.63) is 54.1 Å². The summed E-state index contributed by atoms with van der Waals surface area (Å²) in [6, 6.07) is 15.2. The number of nitrogens with one attached hydrogen (secondary N) is 2. The zero-order chi connectivity index (χ0) is 19.8. The van der Waals surface area contributed by atoms with Crippen molar-refractivity contribution < 1.29 is 9.53 Å². The number of para-hydroxylation sites is 2. The minimum atomic E-state index is -0.240. The van der Waals surface area contributed by atoms with Gasteiger partial charge in [-0.05, 0) is 67.9 Å². The second-order valence-electron chi connectivity index (χ2n) is 6.85. The summed E-state index contributed by atoms with van der Waals surface area (Å²) in [7, 11) is 0. The molecule has 0 unspecified atom stereocenters. The van der Waals surface area contributed by atoms with Gasteiger partial charge in [0.15, 0.2) is 5.11 Å². The van der Waals surface area contributed by atoms with Crippen molar-refractivity contribution in [3.63, 3.8) is 0 Å². The maximum atomic E-state index is 12.5. The van der Waals surface area contributed by atoms with E-state index in [9.17, 15) is 4.79 Å². The molecule has 0 radical (unpaired) electrons. The highest BCUT2D eigenvalue weighted by Gasteiger charge is 2.16. The molecule has 1 heterocycles. The lowest BCUT2D eigenvalue weighted by Gasteiger charge is -2.22. The molecule has 1 aliphatic rings. The third-order valence-electron chi connectivity index (χ3n) is 4.71. The Morgan fingerprint density at radius 1 is 1.11 bits per heavy atom. The molecule has 0 aliphatic carbocycles. The number of rotatable bonds is 7. The normalized spacial score (nSPS) is 13.2. The average molecular weight is 398 g/mol.